The summed E-state index contributed by atoms with van der Waals surface area (Å²) in [6.07, 6.45) is 0. The highest BCUT2D eigenvalue weighted by molar-refractivity contribution is 9.10. The maximum Gasteiger partial charge on any atom is 0.267 e. The van der Waals surface area contributed by atoms with Gasteiger partial charge in [-0.3, -0.25) is 4.79 Å². The molecule has 0 saturated heterocycles. The lowest BCUT2D eigenvalue weighted by atomic mass is 10.1. The van der Waals surface area contributed by atoms with E-state index < -0.39 is 5.60 Å². The molecule has 0 unspecified atom stereocenters. The Morgan fingerprint density at radius 1 is 1.05 bits per heavy atom. The SMILES string of the molecule is CC(C)(Oc1ccccc1)C(=O)Nc1ccc(Br)cc1. The quantitative estimate of drug-likeness (QED) is 0.908. The van der Waals surface area contributed by atoms with Gasteiger partial charge in [-0.2, -0.15) is 0 Å². The lowest BCUT2D eigenvalue weighted by Gasteiger charge is -2.25. The van der Waals surface area contributed by atoms with E-state index in [2.05, 4.69) is 21.2 Å². The summed E-state index contributed by atoms with van der Waals surface area (Å²) in [5.41, 5.74) is -0.211. The van der Waals surface area contributed by atoms with Crippen molar-refractivity contribution in [3.8, 4) is 5.75 Å². The molecule has 0 aromatic heterocycles. The van der Waals surface area contributed by atoms with Gasteiger partial charge in [-0.25, -0.2) is 0 Å². The van der Waals surface area contributed by atoms with Crippen LogP contribution in [0.5, 0.6) is 5.75 Å². The second kappa shape index (κ2) is 6.09. The Morgan fingerprint density at radius 2 is 1.65 bits per heavy atom. The molecule has 0 fully saturated rings. The summed E-state index contributed by atoms with van der Waals surface area (Å²) >= 11 is 3.36. The Labute approximate surface area is 127 Å². The summed E-state index contributed by atoms with van der Waals surface area (Å²) < 4.78 is 6.71. The van der Waals surface area contributed by atoms with Crippen LogP contribution in [0.3, 0.4) is 0 Å². The number of amides is 1. The molecular formula is C16H16BrNO2. The van der Waals surface area contributed by atoms with Crippen LogP contribution < -0.4 is 10.1 Å². The monoisotopic (exact) mass is 333 g/mol. The van der Waals surface area contributed by atoms with Crippen LogP contribution in [-0.2, 0) is 4.79 Å². The second-order valence-electron chi connectivity index (χ2n) is 4.89. The van der Waals surface area contributed by atoms with E-state index in [1.54, 1.807) is 13.8 Å². The fraction of sp³-hybridized carbons (Fsp3) is 0.188. The molecule has 0 saturated carbocycles. The molecule has 20 heavy (non-hydrogen) atoms. The normalized spacial score (nSPS) is 10.9. The Hall–Kier alpha value is -1.81. The molecule has 2 aromatic carbocycles. The maximum absolute atomic E-state index is 12.3. The average Bonchev–Trinajstić information content (AvgIpc) is 2.42. The largest absolute Gasteiger partial charge is 0.478 e. The van der Waals surface area contributed by atoms with E-state index in [9.17, 15) is 4.79 Å². The van der Waals surface area contributed by atoms with Gasteiger partial charge in [0.2, 0.25) is 0 Å². The van der Waals surface area contributed by atoms with Crippen molar-refractivity contribution >= 4 is 27.5 Å². The molecule has 0 heterocycles. The molecule has 0 radical (unpaired) electrons. The van der Waals surface area contributed by atoms with Crippen molar-refractivity contribution in [1.82, 2.24) is 0 Å². The number of nitrogens with one attached hydrogen (secondary N) is 1. The predicted molar refractivity (Wildman–Crippen MR) is 83.9 cm³/mol. The molecule has 104 valence electrons. The molecule has 0 aliphatic carbocycles. The lowest BCUT2D eigenvalue weighted by Crippen LogP contribution is -2.42. The smallest absolute Gasteiger partial charge is 0.267 e. The van der Waals surface area contributed by atoms with Gasteiger partial charge < -0.3 is 10.1 Å². The van der Waals surface area contributed by atoms with Crippen molar-refractivity contribution in [2.24, 2.45) is 0 Å². The Bertz CT molecular complexity index is 579. The number of benzene rings is 2. The number of halogens is 1. The molecule has 0 spiro atoms. The summed E-state index contributed by atoms with van der Waals surface area (Å²) in [4.78, 5) is 12.3. The zero-order valence-electron chi connectivity index (χ0n) is 11.4. The number of hydrogen-bond acceptors (Lipinski definition) is 2. The third kappa shape index (κ3) is 3.84. The van der Waals surface area contributed by atoms with Crippen LogP contribution in [0.1, 0.15) is 13.8 Å². The minimum absolute atomic E-state index is 0.191. The summed E-state index contributed by atoms with van der Waals surface area (Å²) in [6, 6.07) is 16.7. The van der Waals surface area contributed by atoms with Gasteiger partial charge in [0.05, 0.1) is 0 Å². The van der Waals surface area contributed by atoms with E-state index in [0.717, 1.165) is 10.2 Å². The van der Waals surface area contributed by atoms with Gasteiger partial charge in [0.25, 0.3) is 5.91 Å². The number of anilines is 1. The average molecular weight is 334 g/mol. The molecule has 0 bridgehead atoms. The van der Waals surface area contributed by atoms with E-state index in [1.807, 2.05) is 54.6 Å². The van der Waals surface area contributed by atoms with Crippen LogP contribution in [0.4, 0.5) is 5.69 Å². The molecule has 3 nitrogen and oxygen atoms in total. The number of para-hydroxylation sites is 1. The summed E-state index contributed by atoms with van der Waals surface area (Å²) in [5, 5.41) is 2.84. The fourth-order valence-corrected chi connectivity index (χ4v) is 1.91. The molecule has 0 atom stereocenters. The van der Waals surface area contributed by atoms with Crippen molar-refractivity contribution < 1.29 is 9.53 Å². The van der Waals surface area contributed by atoms with Crippen LogP contribution in [0.2, 0.25) is 0 Å². The lowest BCUT2D eigenvalue weighted by molar-refractivity contribution is -0.128. The van der Waals surface area contributed by atoms with Gasteiger partial charge in [0, 0.05) is 10.2 Å². The molecule has 4 heteroatoms. The Kier molecular flexibility index (Phi) is 4.45. The zero-order chi connectivity index (χ0) is 14.6. The summed E-state index contributed by atoms with van der Waals surface area (Å²) in [6.45, 7) is 3.49. The number of rotatable bonds is 4. The van der Waals surface area contributed by atoms with E-state index in [0.29, 0.717) is 5.75 Å². The number of hydrogen-bond donors (Lipinski definition) is 1. The van der Waals surface area contributed by atoms with Gasteiger partial charge in [-0.1, -0.05) is 34.1 Å². The van der Waals surface area contributed by atoms with Crippen LogP contribution in [0, 0.1) is 0 Å². The van der Waals surface area contributed by atoms with Crippen molar-refractivity contribution in [3.05, 3.63) is 59.1 Å². The van der Waals surface area contributed by atoms with E-state index >= 15 is 0 Å². The first kappa shape index (κ1) is 14.6. The van der Waals surface area contributed by atoms with Gasteiger partial charge in [-0.05, 0) is 50.2 Å². The van der Waals surface area contributed by atoms with Crippen molar-refractivity contribution in [3.63, 3.8) is 0 Å². The first-order valence-corrected chi connectivity index (χ1v) is 7.08. The van der Waals surface area contributed by atoms with Gasteiger partial charge in [0.1, 0.15) is 5.75 Å². The molecule has 1 N–H and O–H groups in total. The van der Waals surface area contributed by atoms with Crippen LogP contribution in [-0.4, -0.2) is 11.5 Å². The minimum atomic E-state index is -0.950. The zero-order valence-corrected chi connectivity index (χ0v) is 13.0. The van der Waals surface area contributed by atoms with Crippen molar-refractivity contribution in [2.45, 2.75) is 19.4 Å². The highest BCUT2D eigenvalue weighted by Crippen LogP contribution is 2.20. The fourth-order valence-electron chi connectivity index (χ4n) is 1.64. The molecule has 2 aromatic rings. The topological polar surface area (TPSA) is 38.3 Å². The molecule has 1 amide bonds. The van der Waals surface area contributed by atoms with Crippen molar-refractivity contribution in [2.75, 3.05) is 5.32 Å². The molecular weight excluding hydrogens is 318 g/mol. The number of carbonyl (C=O) groups excluding carboxylic acids is 1. The van der Waals surface area contributed by atoms with Gasteiger partial charge in [0.15, 0.2) is 5.60 Å². The van der Waals surface area contributed by atoms with E-state index in [1.165, 1.54) is 0 Å². The van der Waals surface area contributed by atoms with Crippen molar-refractivity contribution in [1.29, 1.82) is 0 Å². The maximum atomic E-state index is 12.3. The van der Waals surface area contributed by atoms with E-state index in [4.69, 9.17) is 4.74 Å². The summed E-state index contributed by atoms with van der Waals surface area (Å²) in [5.74, 6) is 0.479. The third-order valence-electron chi connectivity index (χ3n) is 2.77. The number of carbonyl (C=O) groups is 1. The third-order valence-corrected chi connectivity index (χ3v) is 3.29. The molecule has 2 rings (SSSR count). The van der Waals surface area contributed by atoms with Gasteiger partial charge in [-0.15, -0.1) is 0 Å². The standard InChI is InChI=1S/C16H16BrNO2/c1-16(2,20-14-6-4-3-5-7-14)15(19)18-13-10-8-12(17)9-11-13/h3-11H,1-2H3,(H,18,19). The van der Waals surface area contributed by atoms with Crippen LogP contribution in [0.15, 0.2) is 59.1 Å². The first-order valence-electron chi connectivity index (χ1n) is 6.28. The minimum Gasteiger partial charge on any atom is -0.478 e. The Balaban J connectivity index is 2.05. The summed E-state index contributed by atoms with van der Waals surface area (Å²) in [7, 11) is 0. The molecule has 0 aliphatic rings. The van der Waals surface area contributed by atoms with Crippen LogP contribution in [0.25, 0.3) is 0 Å². The van der Waals surface area contributed by atoms with Crippen LogP contribution >= 0.6 is 15.9 Å². The molecule has 0 aliphatic heterocycles. The highest BCUT2D eigenvalue weighted by Gasteiger charge is 2.29. The van der Waals surface area contributed by atoms with E-state index in [-0.39, 0.29) is 5.91 Å². The van der Waals surface area contributed by atoms with Gasteiger partial charge >= 0.3 is 0 Å². The number of ether oxygens (including phenoxy) is 1. The highest BCUT2D eigenvalue weighted by atomic mass is 79.9. The second-order valence-corrected chi connectivity index (χ2v) is 5.80. The Morgan fingerprint density at radius 3 is 2.25 bits per heavy atom. The predicted octanol–water partition coefficient (Wildman–Crippen LogP) is 4.25. The first-order chi connectivity index (χ1) is 9.47.